The third-order valence-corrected chi connectivity index (χ3v) is 4.92. The number of nitrogens with one attached hydrogen (secondary N) is 1. The van der Waals surface area contributed by atoms with Crippen molar-refractivity contribution in [2.75, 3.05) is 5.32 Å². The van der Waals surface area contributed by atoms with Gasteiger partial charge in [-0.1, -0.05) is 12.1 Å². The Kier molecular flexibility index (Phi) is 5.55. The Labute approximate surface area is 158 Å². The number of carbonyl (C=O) groups is 1. The molecule has 2 heterocycles. The molecule has 4 nitrogen and oxygen atoms in total. The van der Waals surface area contributed by atoms with Gasteiger partial charge in [-0.25, -0.2) is 4.79 Å². The smallest absolute Gasteiger partial charge is 0.353 e. The van der Waals surface area contributed by atoms with Crippen molar-refractivity contribution in [1.82, 2.24) is 9.47 Å². The number of carbonyl (C=O) groups excluding carboxylic acids is 1. The molecule has 0 aliphatic carbocycles. The van der Waals surface area contributed by atoms with Crippen molar-refractivity contribution in [2.24, 2.45) is 7.05 Å². The summed E-state index contributed by atoms with van der Waals surface area (Å²) in [7, 11) is 1.88. The van der Waals surface area contributed by atoms with Gasteiger partial charge in [-0.15, -0.1) is 11.3 Å². The maximum Gasteiger partial charge on any atom is 0.416 e. The largest absolute Gasteiger partial charge is 0.416 e. The number of anilines is 1. The quantitative estimate of drug-likeness (QED) is 0.624. The fourth-order valence-corrected chi connectivity index (χ4v) is 3.34. The van der Waals surface area contributed by atoms with Gasteiger partial charge in [-0.05, 0) is 41.8 Å². The number of aromatic nitrogens is 1. The van der Waals surface area contributed by atoms with Crippen LogP contribution in [0.25, 0.3) is 0 Å². The minimum Gasteiger partial charge on any atom is -0.353 e. The fourth-order valence-electron chi connectivity index (χ4n) is 2.62. The van der Waals surface area contributed by atoms with Crippen molar-refractivity contribution in [3.8, 4) is 0 Å². The third kappa shape index (κ3) is 4.91. The first-order chi connectivity index (χ1) is 12.8. The minimum atomic E-state index is -4.46. The van der Waals surface area contributed by atoms with Crippen molar-refractivity contribution in [3.63, 3.8) is 0 Å². The van der Waals surface area contributed by atoms with Gasteiger partial charge < -0.3 is 14.8 Å². The lowest BCUT2D eigenvalue weighted by atomic mass is 10.2. The van der Waals surface area contributed by atoms with E-state index in [2.05, 4.69) is 5.32 Å². The SMILES string of the molecule is Cn1cccc1CN(Cc1cccs1)C(=O)Nc1cccc(C(F)(F)F)c1. The number of urea groups is 1. The summed E-state index contributed by atoms with van der Waals surface area (Å²) in [5.41, 5.74) is 0.233. The summed E-state index contributed by atoms with van der Waals surface area (Å²) in [5, 5.41) is 4.50. The van der Waals surface area contributed by atoms with Crippen molar-refractivity contribution in [2.45, 2.75) is 19.3 Å². The number of hydrogen-bond donors (Lipinski definition) is 1. The average Bonchev–Trinajstić information content (AvgIpc) is 3.26. The lowest BCUT2D eigenvalue weighted by Crippen LogP contribution is -2.34. The molecule has 0 fully saturated rings. The van der Waals surface area contributed by atoms with Gasteiger partial charge in [0.1, 0.15) is 0 Å². The molecule has 0 unspecified atom stereocenters. The van der Waals surface area contributed by atoms with E-state index in [4.69, 9.17) is 0 Å². The van der Waals surface area contributed by atoms with Crippen molar-refractivity contribution in [1.29, 1.82) is 0 Å². The first kappa shape index (κ1) is 19.0. The van der Waals surface area contributed by atoms with Crippen LogP contribution in [0, 0.1) is 0 Å². The summed E-state index contributed by atoms with van der Waals surface area (Å²) >= 11 is 1.52. The molecule has 8 heteroatoms. The molecule has 3 aromatic rings. The molecule has 1 N–H and O–H groups in total. The van der Waals surface area contributed by atoms with Gasteiger partial charge in [0.25, 0.3) is 0 Å². The van der Waals surface area contributed by atoms with E-state index in [1.54, 1.807) is 4.90 Å². The number of hydrogen-bond acceptors (Lipinski definition) is 2. The highest BCUT2D eigenvalue weighted by Gasteiger charge is 2.30. The van der Waals surface area contributed by atoms with Crippen LogP contribution in [-0.2, 0) is 26.3 Å². The average molecular weight is 393 g/mol. The molecule has 0 saturated carbocycles. The van der Waals surface area contributed by atoms with Crippen molar-refractivity contribution < 1.29 is 18.0 Å². The molecule has 1 aromatic carbocycles. The van der Waals surface area contributed by atoms with Crippen LogP contribution >= 0.6 is 11.3 Å². The van der Waals surface area contributed by atoms with Crippen LogP contribution in [0.4, 0.5) is 23.7 Å². The summed E-state index contributed by atoms with van der Waals surface area (Å²) in [5.74, 6) is 0. The Hall–Kier alpha value is -2.74. The standard InChI is InChI=1S/C19H18F3N3OS/c1-24-9-3-7-16(24)12-25(13-17-8-4-10-27-17)18(26)23-15-6-2-5-14(11-15)19(20,21)22/h2-11H,12-13H2,1H3,(H,23,26). The predicted molar refractivity (Wildman–Crippen MR) is 99.4 cm³/mol. The summed E-state index contributed by atoms with van der Waals surface area (Å²) in [4.78, 5) is 15.3. The molecule has 0 aliphatic rings. The van der Waals surface area contributed by atoms with E-state index in [9.17, 15) is 18.0 Å². The summed E-state index contributed by atoms with van der Waals surface area (Å²) in [6, 6.07) is 11.8. The molecule has 2 aromatic heterocycles. The topological polar surface area (TPSA) is 37.3 Å². The molecular formula is C19H18F3N3OS. The zero-order chi connectivity index (χ0) is 19.4. The number of aryl methyl sites for hydroxylation is 1. The minimum absolute atomic E-state index is 0.109. The molecule has 2 amide bonds. The summed E-state index contributed by atoms with van der Waals surface area (Å²) < 4.78 is 40.6. The molecule has 3 rings (SSSR count). The summed E-state index contributed by atoms with van der Waals surface area (Å²) in [6.45, 7) is 0.708. The van der Waals surface area contributed by atoms with E-state index in [1.165, 1.54) is 23.5 Å². The van der Waals surface area contributed by atoms with Crippen LogP contribution in [0.5, 0.6) is 0 Å². The van der Waals surface area contributed by atoms with Crippen LogP contribution in [-0.4, -0.2) is 15.5 Å². The second-order valence-corrected chi connectivity index (χ2v) is 7.09. The number of benzene rings is 1. The highest BCUT2D eigenvalue weighted by Crippen LogP contribution is 2.30. The van der Waals surface area contributed by atoms with Gasteiger partial charge in [-0.2, -0.15) is 13.2 Å². The van der Waals surface area contributed by atoms with Gasteiger partial charge in [0.05, 0.1) is 18.7 Å². The van der Waals surface area contributed by atoms with Crippen LogP contribution in [0.1, 0.15) is 16.1 Å². The van der Waals surface area contributed by atoms with Gasteiger partial charge >= 0.3 is 12.2 Å². The maximum absolute atomic E-state index is 12.9. The van der Waals surface area contributed by atoms with Crippen LogP contribution < -0.4 is 5.32 Å². The molecule has 0 atom stereocenters. The molecular weight excluding hydrogens is 375 g/mol. The Morgan fingerprint density at radius 3 is 2.59 bits per heavy atom. The van der Waals surface area contributed by atoms with E-state index >= 15 is 0 Å². The Morgan fingerprint density at radius 1 is 1.15 bits per heavy atom. The van der Waals surface area contributed by atoms with Gasteiger partial charge in [0, 0.05) is 29.5 Å². The Bertz CT molecular complexity index is 903. The number of amides is 2. The summed E-state index contributed by atoms with van der Waals surface area (Å²) in [6.07, 6.45) is -2.58. The van der Waals surface area contributed by atoms with Crippen molar-refractivity contribution in [3.05, 3.63) is 76.2 Å². The Balaban J connectivity index is 1.79. The lowest BCUT2D eigenvalue weighted by Gasteiger charge is -2.23. The number of halogens is 3. The number of rotatable bonds is 5. The number of thiophene rings is 1. The first-order valence-electron chi connectivity index (χ1n) is 8.19. The second-order valence-electron chi connectivity index (χ2n) is 6.05. The molecule has 0 spiro atoms. The maximum atomic E-state index is 12.9. The first-order valence-corrected chi connectivity index (χ1v) is 9.06. The number of alkyl halides is 3. The predicted octanol–water partition coefficient (Wildman–Crippen LogP) is 5.34. The van der Waals surface area contributed by atoms with Crippen molar-refractivity contribution >= 4 is 23.1 Å². The number of nitrogens with zero attached hydrogens (tertiary/aromatic N) is 2. The van der Waals surface area contributed by atoms with E-state index in [-0.39, 0.29) is 5.69 Å². The van der Waals surface area contributed by atoms with Crippen LogP contribution in [0.2, 0.25) is 0 Å². The molecule has 142 valence electrons. The molecule has 0 bridgehead atoms. The van der Waals surface area contributed by atoms with E-state index < -0.39 is 17.8 Å². The second kappa shape index (κ2) is 7.87. The monoisotopic (exact) mass is 393 g/mol. The molecule has 0 saturated heterocycles. The highest BCUT2D eigenvalue weighted by molar-refractivity contribution is 7.09. The lowest BCUT2D eigenvalue weighted by molar-refractivity contribution is -0.137. The highest BCUT2D eigenvalue weighted by atomic mass is 32.1. The Morgan fingerprint density at radius 2 is 1.96 bits per heavy atom. The van der Waals surface area contributed by atoms with E-state index in [1.807, 2.05) is 47.5 Å². The zero-order valence-electron chi connectivity index (χ0n) is 14.5. The van der Waals surface area contributed by atoms with Crippen LogP contribution in [0.15, 0.2) is 60.1 Å². The van der Waals surface area contributed by atoms with Crippen LogP contribution in [0.3, 0.4) is 0 Å². The van der Waals surface area contributed by atoms with Gasteiger partial charge in [0.15, 0.2) is 0 Å². The van der Waals surface area contributed by atoms with E-state index in [0.29, 0.717) is 13.1 Å². The van der Waals surface area contributed by atoms with Gasteiger partial charge in [0.2, 0.25) is 0 Å². The fraction of sp³-hybridized carbons (Fsp3) is 0.211. The third-order valence-electron chi connectivity index (χ3n) is 4.06. The van der Waals surface area contributed by atoms with E-state index in [0.717, 1.165) is 22.7 Å². The molecule has 0 aliphatic heterocycles. The molecule has 0 radical (unpaired) electrons. The zero-order valence-corrected chi connectivity index (χ0v) is 15.3. The van der Waals surface area contributed by atoms with Gasteiger partial charge in [-0.3, -0.25) is 0 Å². The normalized spacial score (nSPS) is 11.4. The molecule has 27 heavy (non-hydrogen) atoms.